The molecule has 0 aliphatic carbocycles. The number of ether oxygens (including phenoxy) is 1. The van der Waals surface area contributed by atoms with Gasteiger partial charge in [0.05, 0.1) is 0 Å². The summed E-state index contributed by atoms with van der Waals surface area (Å²) in [5, 5.41) is 1.77. The molecule has 0 unspecified atom stereocenters. The Morgan fingerprint density at radius 2 is 0.667 bits per heavy atom. The summed E-state index contributed by atoms with van der Waals surface area (Å²) in [5.41, 5.74) is 7.04. The molecule has 4 aromatic rings. The van der Waals surface area contributed by atoms with Crippen LogP contribution in [0.25, 0.3) is 22.3 Å². The third-order valence-corrected chi connectivity index (χ3v) is 25.4. The van der Waals surface area contributed by atoms with E-state index in [0.717, 1.165) is 57.3 Å². The van der Waals surface area contributed by atoms with Crippen molar-refractivity contribution in [1.82, 2.24) is 19.9 Å². The number of benzene rings is 2. The SMILES string of the molecule is CCCCCCCCSc1ncc(-c2ccc(Oc3ccc(-c4cnc(SCCCCCCCC)nc4)cc3CCCCCCCCCCC[Si](C)(C)CC)c(CCCCCCCCCCC[Si](C)(C)CC)c2)cn1. The molecule has 2 aromatic heterocycles. The largest absolute Gasteiger partial charge is 0.457 e. The number of aryl methyl sites for hydroxylation is 2. The van der Waals surface area contributed by atoms with Crippen LogP contribution >= 0.6 is 23.5 Å². The van der Waals surface area contributed by atoms with E-state index in [-0.39, 0.29) is 0 Å². The lowest BCUT2D eigenvalue weighted by molar-refractivity contribution is 0.466. The average Bonchev–Trinajstić information content (AvgIpc) is 3.42. The van der Waals surface area contributed by atoms with Crippen LogP contribution in [0.1, 0.15) is 231 Å². The van der Waals surface area contributed by atoms with Gasteiger partial charge in [0.2, 0.25) is 0 Å². The lowest BCUT2D eigenvalue weighted by Gasteiger charge is -2.19. The molecule has 2 heterocycles. The van der Waals surface area contributed by atoms with Crippen molar-refractivity contribution < 1.29 is 4.74 Å². The molecule has 0 atom stereocenters. The van der Waals surface area contributed by atoms with E-state index in [0.29, 0.717) is 0 Å². The Kier molecular flexibility index (Phi) is 34.5. The number of unbranched alkanes of at least 4 members (excludes halogenated alkanes) is 26. The van der Waals surface area contributed by atoms with E-state index in [9.17, 15) is 0 Å². The van der Waals surface area contributed by atoms with Gasteiger partial charge in [-0.1, -0.05) is 281 Å². The Bertz CT molecular complexity index is 1900. The Hall–Kier alpha value is -2.47. The molecule has 9 heteroatoms. The Morgan fingerprint density at radius 1 is 0.360 bits per heavy atom. The molecule has 0 radical (unpaired) electrons. The van der Waals surface area contributed by atoms with E-state index < -0.39 is 16.1 Å². The van der Waals surface area contributed by atoms with E-state index >= 15 is 0 Å². The summed E-state index contributed by atoms with van der Waals surface area (Å²) in [4.78, 5) is 19.3. The van der Waals surface area contributed by atoms with Gasteiger partial charge in [-0.2, -0.15) is 0 Å². The highest BCUT2D eigenvalue weighted by molar-refractivity contribution is 7.99. The molecule has 0 amide bonds. The van der Waals surface area contributed by atoms with Crippen molar-refractivity contribution in [3.8, 4) is 33.8 Å². The van der Waals surface area contributed by atoms with Crippen LogP contribution in [-0.2, 0) is 12.8 Å². The van der Waals surface area contributed by atoms with Crippen LogP contribution in [0.5, 0.6) is 11.5 Å². The number of hydrogen-bond donors (Lipinski definition) is 0. The van der Waals surface area contributed by atoms with Gasteiger partial charge in [0.25, 0.3) is 0 Å². The van der Waals surface area contributed by atoms with Gasteiger partial charge >= 0.3 is 0 Å². The van der Waals surface area contributed by atoms with Crippen LogP contribution < -0.4 is 4.74 Å². The maximum absolute atomic E-state index is 7.11. The smallest absolute Gasteiger partial charge is 0.187 e. The highest BCUT2D eigenvalue weighted by atomic mass is 32.2. The zero-order chi connectivity index (χ0) is 53.7. The van der Waals surface area contributed by atoms with Crippen LogP contribution in [0.15, 0.2) is 71.5 Å². The maximum Gasteiger partial charge on any atom is 0.187 e. The van der Waals surface area contributed by atoms with Crippen molar-refractivity contribution in [3.05, 3.63) is 72.3 Å². The van der Waals surface area contributed by atoms with Gasteiger partial charge in [0.1, 0.15) is 11.5 Å². The third kappa shape index (κ3) is 28.8. The Morgan fingerprint density at radius 3 is 1.00 bits per heavy atom. The molecule has 420 valence electrons. The van der Waals surface area contributed by atoms with Crippen molar-refractivity contribution in [2.24, 2.45) is 0 Å². The molecule has 4 rings (SSSR count). The van der Waals surface area contributed by atoms with Gasteiger partial charge in [-0.15, -0.1) is 0 Å². The van der Waals surface area contributed by atoms with Crippen LogP contribution in [-0.4, -0.2) is 47.6 Å². The number of hydrogen-bond acceptors (Lipinski definition) is 7. The number of rotatable bonds is 46. The minimum absolute atomic E-state index is 0.883. The maximum atomic E-state index is 7.11. The Balaban J connectivity index is 1.44. The fraction of sp³-hybridized carbons (Fsp3) is 0.697. The third-order valence-electron chi connectivity index (χ3n) is 16.2. The van der Waals surface area contributed by atoms with Crippen molar-refractivity contribution in [2.45, 2.75) is 294 Å². The van der Waals surface area contributed by atoms with Gasteiger partial charge in [-0.3, -0.25) is 0 Å². The second-order valence-corrected chi connectivity index (χ2v) is 37.1. The van der Waals surface area contributed by atoms with Crippen LogP contribution in [0.2, 0.25) is 50.4 Å². The molecule has 0 aliphatic heterocycles. The first kappa shape index (κ1) is 65.1. The highest BCUT2D eigenvalue weighted by Crippen LogP contribution is 2.36. The summed E-state index contributed by atoms with van der Waals surface area (Å²) in [6.45, 7) is 19.6. The van der Waals surface area contributed by atoms with E-state index in [2.05, 4.69) is 90.3 Å². The first-order valence-electron chi connectivity index (χ1n) is 31.4. The van der Waals surface area contributed by atoms with Gasteiger partial charge in [0, 0.05) is 63.6 Å². The van der Waals surface area contributed by atoms with Gasteiger partial charge in [-0.05, 0) is 85.0 Å². The summed E-state index contributed by atoms with van der Waals surface area (Å²) >= 11 is 3.59. The van der Waals surface area contributed by atoms with E-state index in [1.54, 1.807) is 23.5 Å². The van der Waals surface area contributed by atoms with E-state index in [1.165, 1.54) is 239 Å². The molecule has 0 saturated carbocycles. The van der Waals surface area contributed by atoms with Crippen molar-refractivity contribution in [1.29, 1.82) is 0 Å². The second-order valence-electron chi connectivity index (χ2n) is 23.9. The molecular weight excluding hydrogens is 985 g/mol. The molecule has 0 aliphatic rings. The lowest BCUT2D eigenvalue weighted by Crippen LogP contribution is -2.22. The van der Waals surface area contributed by atoms with E-state index in [1.807, 2.05) is 24.8 Å². The van der Waals surface area contributed by atoms with Gasteiger partial charge in [-0.25, -0.2) is 19.9 Å². The standard InChI is InChI=1S/C66H110N4OS2Si2/c1-9-13-15-17-31-37-47-72-65-67-53-61(54-68-65)57-43-45-63(59(51-57)41-35-29-25-21-19-23-27-33-39-49-74(5,6)11-3)71-64-46-44-58(62-55-69-66(70-56-62)73-48-38-32-18-16-14-10-2)52-60(64)42-36-30-26-22-20-24-28-34-40-50-75(7,8)12-4/h43-46,51-56H,9-42,47-50H2,1-8H3. The molecule has 75 heavy (non-hydrogen) atoms. The molecule has 0 N–H and O–H groups in total. The van der Waals surface area contributed by atoms with Gasteiger partial charge < -0.3 is 4.74 Å². The lowest BCUT2D eigenvalue weighted by atomic mass is 9.98. The second kappa shape index (κ2) is 39.8. The van der Waals surface area contributed by atoms with E-state index in [4.69, 9.17) is 24.7 Å². The molecule has 0 bridgehead atoms. The average molecular weight is 1100 g/mol. The zero-order valence-corrected chi connectivity index (χ0v) is 53.3. The van der Waals surface area contributed by atoms with Crippen molar-refractivity contribution in [2.75, 3.05) is 11.5 Å². The highest BCUT2D eigenvalue weighted by Gasteiger charge is 2.18. The predicted molar refractivity (Wildman–Crippen MR) is 339 cm³/mol. The molecule has 0 saturated heterocycles. The molecule has 0 spiro atoms. The first-order chi connectivity index (χ1) is 36.6. The summed E-state index contributed by atoms with van der Waals surface area (Å²) in [5.74, 6) is 4.12. The molecule has 0 fully saturated rings. The van der Waals surface area contributed by atoms with Crippen LogP contribution in [0, 0.1) is 0 Å². The van der Waals surface area contributed by atoms with Crippen molar-refractivity contribution in [3.63, 3.8) is 0 Å². The van der Waals surface area contributed by atoms with Gasteiger partial charge in [0.15, 0.2) is 10.3 Å². The topological polar surface area (TPSA) is 60.8 Å². The molecule has 2 aromatic carbocycles. The first-order valence-corrected chi connectivity index (χ1v) is 40.2. The summed E-state index contributed by atoms with van der Waals surface area (Å²) < 4.78 is 7.11. The fourth-order valence-corrected chi connectivity index (χ4v) is 14.8. The molecular formula is C66H110N4OS2Si2. The monoisotopic (exact) mass is 1090 g/mol. The normalized spacial score (nSPS) is 12.0. The quantitative estimate of drug-likeness (QED) is 0.0189. The zero-order valence-electron chi connectivity index (χ0n) is 49.7. The van der Waals surface area contributed by atoms with Crippen LogP contribution in [0.3, 0.4) is 0 Å². The number of aromatic nitrogens is 4. The fourth-order valence-electron chi connectivity index (χ4n) is 10.1. The van der Waals surface area contributed by atoms with Crippen molar-refractivity contribution >= 4 is 39.7 Å². The minimum Gasteiger partial charge on any atom is -0.457 e. The Labute approximate surface area is 472 Å². The number of thioether (sulfide) groups is 2. The number of nitrogens with zero attached hydrogens (tertiary/aromatic N) is 4. The predicted octanol–water partition coefficient (Wildman–Crippen LogP) is 22.9. The summed E-state index contributed by atoms with van der Waals surface area (Å²) in [7, 11) is -1.85. The minimum atomic E-state index is -0.925. The summed E-state index contributed by atoms with van der Waals surface area (Å²) in [6.07, 6.45) is 50.1. The molecule has 5 nitrogen and oxygen atoms in total. The summed E-state index contributed by atoms with van der Waals surface area (Å²) in [6, 6.07) is 19.4. The van der Waals surface area contributed by atoms with Crippen LogP contribution in [0.4, 0.5) is 0 Å².